The molecule has 0 fully saturated rings. The Hall–Kier alpha value is -1.61. The van der Waals surface area contributed by atoms with Gasteiger partial charge in [0.25, 0.3) is 0 Å². The monoisotopic (exact) mass is 261 g/mol. The maximum atomic E-state index is 12.2. The van der Waals surface area contributed by atoms with Crippen LogP contribution in [-0.4, -0.2) is 30.0 Å². The SMILES string of the molecule is CC(C)=CC[C@H](C(=O)N(C)C)[C@@H](O)c1ccccc1. The van der Waals surface area contributed by atoms with Crippen LogP contribution in [0.15, 0.2) is 42.0 Å². The van der Waals surface area contributed by atoms with Crippen molar-refractivity contribution in [1.29, 1.82) is 0 Å². The fourth-order valence-electron chi connectivity index (χ4n) is 1.94. The van der Waals surface area contributed by atoms with E-state index in [-0.39, 0.29) is 5.91 Å². The first-order valence-electron chi connectivity index (χ1n) is 6.51. The lowest BCUT2D eigenvalue weighted by Gasteiger charge is -2.24. The van der Waals surface area contributed by atoms with Crippen LogP contribution in [0.4, 0.5) is 0 Å². The van der Waals surface area contributed by atoms with Gasteiger partial charge in [-0.3, -0.25) is 4.79 Å². The predicted molar refractivity (Wildman–Crippen MR) is 77.6 cm³/mol. The number of carbonyl (C=O) groups excluding carboxylic acids is 1. The van der Waals surface area contributed by atoms with Gasteiger partial charge in [-0.15, -0.1) is 0 Å². The highest BCUT2D eigenvalue weighted by atomic mass is 16.3. The summed E-state index contributed by atoms with van der Waals surface area (Å²) >= 11 is 0. The molecule has 0 heterocycles. The average Bonchev–Trinajstić information content (AvgIpc) is 2.39. The van der Waals surface area contributed by atoms with E-state index >= 15 is 0 Å². The Morgan fingerprint density at radius 3 is 2.32 bits per heavy atom. The molecule has 0 aromatic heterocycles. The molecule has 3 nitrogen and oxygen atoms in total. The van der Waals surface area contributed by atoms with Crippen molar-refractivity contribution in [2.45, 2.75) is 26.4 Å². The number of rotatable bonds is 5. The maximum absolute atomic E-state index is 12.2. The minimum atomic E-state index is -0.772. The van der Waals surface area contributed by atoms with Gasteiger partial charge < -0.3 is 10.0 Å². The van der Waals surface area contributed by atoms with Gasteiger partial charge in [-0.2, -0.15) is 0 Å². The van der Waals surface area contributed by atoms with Crippen molar-refractivity contribution in [3.8, 4) is 0 Å². The molecule has 3 heteroatoms. The summed E-state index contributed by atoms with van der Waals surface area (Å²) in [5.41, 5.74) is 1.93. The van der Waals surface area contributed by atoms with Crippen LogP contribution in [0.2, 0.25) is 0 Å². The van der Waals surface area contributed by atoms with E-state index in [2.05, 4.69) is 0 Å². The van der Waals surface area contributed by atoms with E-state index in [1.165, 1.54) is 4.90 Å². The van der Waals surface area contributed by atoms with E-state index in [0.717, 1.165) is 11.1 Å². The van der Waals surface area contributed by atoms with Gasteiger partial charge in [0, 0.05) is 14.1 Å². The van der Waals surface area contributed by atoms with Crippen LogP contribution in [0, 0.1) is 5.92 Å². The average molecular weight is 261 g/mol. The molecule has 0 spiro atoms. The first-order valence-corrected chi connectivity index (χ1v) is 6.51. The first-order chi connectivity index (χ1) is 8.93. The van der Waals surface area contributed by atoms with Gasteiger partial charge in [-0.1, -0.05) is 42.0 Å². The molecule has 0 aliphatic rings. The zero-order valence-electron chi connectivity index (χ0n) is 12.1. The van der Waals surface area contributed by atoms with Crippen molar-refractivity contribution < 1.29 is 9.90 Å². The molecule has 1 N–H and O–H groups in total. The summed E-state index contributed by atoms with van der Waals surface area (Å²) in [6.07, 6.45) is 1.78. The molecule has 0 aliphatic carbocycles. The van der Waals surface area contributed by atoms with Crippen LogP contribution in [0.25, 0.3) is 0 Å². The molecule has 0 unspecified atom stereocenters. The third-order valence-electron chi connectivity index (χ3n) is 3.06. The normalized spacial score (nSPS) is 13.5. The Kier molecular flexibility index (Phi) is 5.77. The summed E-state index contributed by atoms with van der Waals surface area (Å²) < 4.78 is 0. The second-order valence-electron chi connectivity index (χ2n) is 5.21. The van der Waals surface area contributed by atoms with Gasteiger partial charge in [0.05, 0.1) is 12.0 Å². The molecular weight excluding hydrogens is 238 g/mol. The number of aliphatic hydroxyl groups is 1. The quantitative estimate of drug-likeness (QED) is 0.828. The summed E-state index contributed by atoms with van der Waals surface area (Å²) in [5, 5.41) is 10.4. The predicted octanol–water partition coefficient (Wildman–Crippen LogP) is 2.78. The summed E-state index contributed by atoms with van der Waals surface area (Å²) in [6, 6.07) is 9.34. The van der Waals surface area contributed by atoms with Gasteiger partial charge in [-0.25, -0.2) is 0 Å². The number of carbonyl (C=O) groups is 1. The van der Waals surface area contributed by atoms with E-state index in [9.17, 15) is 9.90 Å². The second kappa shape index (κ2) is 7.10. The highest BCUT2D eigenvalue weighted by molar-refractivity contribution is 5.79. The minimum Gasteiger partial charge on any atom is -0.388 e. The Morgan fingerprint density at radius 2 is 1.84 bits per heavy atom. The smallest absolute Gasteiger partial charge is 0.228 e. The van der Waals surface area contributed by atoms with Crippen LogP contribution in [0.3, 0.4) is 0 Å². The molecule has 19 heavy (non-hydrogen) atoms. The van der Waals surface area contributed by atoms with Crippen molar-refractivity contribution in [2.75, 3.05) is 14.1 Å². The van der Waals surface area contributed by atoms with Gasteiger partial charge >= 0.3 is 0 Å². The van der Waals surface area contributed by atoms with E-state index in [1.54, 1.807) is 14.1 Å². The molecule has 0 saturated heterocycles. The molecule has 0 saturated carbocycles. The summed E-state index contributed by atoms with van der Waals surface area (Å²) in [5.74, 6) is -0.485. The van der Waals surface area contributed by atoms with Crippen LogP contribution < -0.4 is 0 Å². The molecule has 0 aliphatic heterocycles. The van der Waals surface area contributed by atoms with Crippen molar-refractivity contribution in [3.05, 3.63) is 47.5 Å². The third-order valence-corrected chi connectivity index (χ3v) is 3.06. The standard InChI is InChI=1S/C16H23NO2/c1-12(2)10-11-14(16(19)17(3)4)15(18)13-8-6-5-7-9-13/h5-10,14-15,18H,11H2,1-4H3/t14-,15-/m0/s1. The Bertz CT molecular complexity index is 433. The van der Waals surface area contributed by atoms with Crippen molar-refractivity contribution in [1.82, 2.24) is 4.90 Å². The first kappa shape index (κ1) is 15.4. The van der Waals surface area contributed by atoms with E-state index in [1.807, 2.05) is 50.3 Å². The fourth-order valence-corrected chi connectivity index (χ4v) is 1.94. The highest BCUT2D eigenvalue weighted by Crippen LogP contribution is 2.26. The number of aliphatic hydroxyl groups excluding tert-OH is 1. The van der Waals surface area contributed by atoms with Crippen LogP contribution in [0.5, 0.6) is 0 Å². The number of benzene rings is 1. The number of allylic oxidation sites excluding steroid dienone is 2. The van der Waals surface area contributed by atoms with E-state index in [0.29, 0.717) is 6.42 Å². The van der Waals surface area contributed by atoms with Gasteiger partial charge in [0.1, 0.15) is 0 Å². The summed E-state index contributed by atoms with van der Waals surface area (Å²) in [7, 11) is 3.44. The lowest BCUT2D eigenvalue weighted by molar-refractivity contribution is -0.136. The molecule has 0 bridgehead atoms. The highest BCUT2D eigenvalue weighted by Gasteiger charge is 2.28. The van der Waals surface area contributed by atoms with Crippen molar-refractivity contribution in [3.63, 3.8) is 0 Å². The fraction of sp³-hybridized carbons (Fsp3) is 0.438. The third kappa shape index (κ3) is 4.52. The lowest BCUT2D eigenvalue weighted by atomic mass is 9.91. The Labute approximate surface area is 115 Å². The van der Waals surface area contributed by atoms with Gasteiger partial charge in [0.2, 0.25) is 5.91 Å². The van der Waals surface area contributed by atoms with Crippen molar-refractivity contribution >= 4 is 5.91 Å². The van der Waals surface area contributed by atoms with Crippen LogP contribution >= 0.6 is 0 Å². The molecular formula is C16H23NO2. The molecule has 1 aromatic carbocycles. The number of hydrogen-bond acceptors (Lipinski definition) is 2. The largest absolute Gasteiger partial charge is 0.388 e. The zero-order chi connectivity index (χ0) is 14.4. The molecule has 104 valence electrons. The van der Waals surface area contributed by atoms with E-state index < -0.39 is 12.0 Å². The molecule has 1 rings (SSSR count). The number of amides is 1. The van der Waals surface area contributed by atoms with Crippen molar-refractivity contribution in [2.24, 2.45) is 5.92 Å². The van der Waals surface area contributed by atoms with E-state index in [4.69, 9.17) is 0 Å². The summed E-state index contributed by atoms with van der Waals surface area (Å²) in [4.78, 5) is 13.7. The molecule has 1 amide bonds. The lowest BCUT2D eigenvalue weighted by Crippen LogP contribution is -2.33. The second-order valence-corrected chi connectivity index (χ2v) is 5.21. The Balaban J connectivity index is 2.96. The maximum Gasteiger partial charge on any atom is 0.228 e. The topological polar surface area (TPSA) is 40.5 Å². The molecule has 0 radical (unpaired) electrons. The van der Waals surface area contributed by atoms with Gasteiger partial charge in [-0.05, 0) is 25.8 Å². The molecule has 2 atom stereocenters. The zero-order valence-corrected chi connectivity index (χ0v) is 12.1. The van der Waals surface area contributed by atoms with Gasteiger partial charge in [0.15, 0.2) is 0 Å². The minimum absolute atomic E-state index is 0.0474. The molecule has 1 aromatic rings. The van der Waals surface area contributed by atoms with Crippen LogP contribution in [-0.2, 0) is 4.79 Å². The summed E-state index contributed by atoms with van der Waals surface area (Å²) in [6.45, 7) is 3.98. The van der Waals surface area contributed by atoms with Crippen LogP contribution in [0.1, 0.15) is 31.9 Å². The number of nitrogens with zero attached hydrogens (tertiary/aromatic N) is 1. The Morgan fingerprint density at radius 1 is 1.26 bits per heavy atom. The number of hydrogen-bond donors (Lipinski definition) is 1.